The fourth-order valence-corrected chi connectivity index (χ4v) is 4.16. The molecule has 0 aromatic heterocycles. The van der Waals surface area contributed by atoms with Crippen molar-refractivity contribution in [2.75, 3.05) is 13.1 Å². The molecule has 0 spiro atoms. The maximum absolute atomic E-state index is 12.5. The summed E-state index contributed by atoms with van der Waals surface area (Å²) in [6.45, 7) is 1.12. The number of rotatable bonds is 4. The normalized spacial score (nSPS) is 27.1. The van der Waals surface area contributed by atoms with E-state index in [2.05, 4.69) is 0 Å². The van der Waals surface area contributed by atoms with Gasteiger partial charge in [-0.3, -0.25) is 19.3 Å². The number of likely N-dealkylation sites (tertiary alicyclic amines) is 2. The quantitative estimate of drug-likeness (QED) is 0.741. The van der Waals surface area contributed by atoms with Crippen LogP contribution in [0.5, 0.6) is 0 Å². The Morgan fingerprint density at radius 2 is 1.67 bits per heavy atom. The smallest absolute Gasteiger partial charge is 0.229 e. The van der Waals surface area contributed by atoms with E-state index in [9.17, 15) is 14.4 Å². The number of hydrogen-bond donors (Lipinski definition) is 0. The predicted molar refractivity (Wildman–Crippen MR) is 77.3 cm³/mol. The molecule has 0 unspecified atom stereocenters. The third-order valence-corrected chi connectivity index (χ3v) is 5.27. The van der Waals surface area contributed by atoms with E-state index < -0.39 is 0 Å². The molecule has 5 heteroatoms. The Labute approximate surface area is 125 Å². The van der Waals surface area contributed by atoms with E-state index in [-0.39, 0.29) is 24.3 Å². The molecular weight excluding hydrogens is 268 g/mol. The zero-order valence-corrected chi connectivity index (χ0v) is 12.6. The Hall–Kier alpha value is -1.39. The minimum atomic E-state index is -0.124. The predicted octanol–water partition coefficient (Wildman–Crippen LogP) is 1.71. The molecule has 0 N–H and O–H groups in total. The molecule has 3 rings (SSSR count). The van der Waals surface area contributed by atoms with Crippen molar-refractivity contribution in [3.63, 3.8) is 0 Å². The second-order valence-corrected chi connectivity index (χ2v) is 6.53. The molecule has 116 valence electrons. The third kappa shape index (κ3) is 2.97. The van der Waals surface area contributed by atoms with Gasteiger partial charge in [0.2, 0.25) is 17.7 Å². The average molecular weight is 292 g/mol. The van der Waals surface area contributed by atoms with Crippen molar-refractivity contribution in [2.24, 2.45) is 5.92 Å². The first kappa shape index (κ1) is 14.5. The maximum atomic E-state index is 12.5. The minimum Gasteiger partial charge on any atom is -0.339 e. The summed E-state index contributed by atoms with van der Waals surface area (Å²) in [4.78, 5) is 38.9. The lowest BCUT2D eigenvalue weighted by atomic mass is 9.96. The summed E-state index contributed by atoms with van der Waals surface area (Å²) in [5.41, 5.74) is 0. The number of imide groups is 1. The van der Waals surface area contributed by atoms with Crippen molar-refractivity contribution in [3.8, 4) is 0 Å². The van der Waals surface area contributed by atoms with Crippen LogP contribution in [0.2, 0.25) is 0 Å². The molecule has 1 aliphatic carbocycles. The molecule has 0 bridgehead atoms. The van der Waals surface area contributed by atoms with E-state index in [1.54, 1.807) is 0 Å². The molecule has 1 atom stereocenters. The van der Waals surface area contributed by atoms with E-state index in [0.29, 0.717) is 31.2 Å². The lowest BCUT2D eigenvalue weighted by Gasteiger charge is -2.30. The lowest BCUT2D eigenvalue weighted by molar-refractivity contribution is -0.139. The highest BCUT2D eigenvalue weighted by Gasteiger charge is 2.36. The zero-order chi connectivity index (χ0) is 14.8. The van der Waals surface area contributed by atoms with Crippen LogP contribution >= 0.6 is 0 Å². The van der Waals surface area contributed by atoms with Crippen LogP contribution in [-0.2, 0) is 14.4 Å². The molecule has 1 saturated carbocycles. The van der Waals surface area contributed by atoms with Crippen LogP contribution in [0.1, 0.15) is 57.8 Å². The third-order valence-electron chi connectivity index (χ3n) is 5.27. The average Bonchev–Trinajstić information content (AvgIpc) is 3.18. The first-order valence-electron chi connectivity index (χ1n) is 8.29. The summed E-state index contributed by atoms with van der Waals surface area (Å²) in [6, 6.07) is 0.407. The number of amides is 3. The summed E-state index contributed by atoms with van der Waals surface area (Å²) in [6.07, 6.45) is 8.20. The van der Waals surface area contributed by atoms with E-state index in [0.717, 1.165) is 19.4 Å². The van der Waals surface area contributed by atoms with Crippen molar-refractivity contribution < 1.29 is 14.4 Å². The highest BCUT2D eigenvalue weighted by Crippen LogP contribution is 2.35. The van der Waals surface area contributed by atoms with Gasteiger partial charge in [0, 0.05) is 38.4 Å². The SMILES string of the molecule is O=C1CCC(=O)N1CCC(=O)N1CCC[C@@H]1C1CCCC1. The molecule has 3 amide bonds. The summed E-state index contributed by atoms with van der Waals surface area (Å²) < 4.78 is 0. The van der Waals surface area contributed by atoms with Crippen molar-refractivity contribution in [2.45, 2.75) is 63.8 Å². The first-order chi connectivity index (χ1) is 10.2. The molecule has 3 fully saturated rings. The number of carbonyl (C=O) groups excluding carboxylic acids is 3. The number of nitrogens with zero attached hydrogens (tertiary/aromatic N) is 2. The molecule has 2 heterocycles. The van der Waals surface area contributed by atoms with E-state index >= 15 is 0 Å². The topological polar surface area (TPSA) is 57.7 Å². The monoisotopic (exact) mass is 292 g/mol. The van der Waals surface area contributed by atoms with Crippen LogP contribution in [0, 0.1) is 5.92 Å². The van der Waals surface area contributed by atoms with Gasteiger partial charge in [-0.25, -0.2) is 0 Å². The zero-order valence-electron chi connectivity index (χ0n) is 12.6. The lowest BCUT2D eigenvalue weighted by Crippen LogP contribution is -2.41. The Kier molecular flexibility index (Phi) is 4.27. The maximum Gasteiger partial charge on any atom is 0.229 e. The van der Waals surface area contributed by atoms with E-state index in [1.807, 2.05) is 4.90 Å². The van der Waals surface area contributed by atoms with Crippen LogP contribution in [0.25, 0.3) is 0 Å². The van der Waals surface area contributed by atoms with Crippen LogP contribution in [0.15, 0.2) is 0 Å². The second-order valence-electron chi connectivity index (χ2n) is 6.53. The van der Waals surface area contributed by atoms with Gasteiger partial charge in [0.15, 0.2) is 0 Å². The molecular formula is C16H24N2O3. The van der Waals surface area contributed by atoms with Crippen LogP contribution in [-0.4, -0.2) is 46.7 Å². The van der Waals surface area contributed by atoms with Gasteiger partial charge in [-0.15, -0.1) is 0 Å². The van der Waals surface area contributed by atoms with Gasteiger partial charge in [0.1, 0.15) is 0 Å². The Bertz CT molecular complexity index is 427. The van der Waals surface area contributed by atoms with Crippen molar-refractivity contribution in [1.29, 1.82) is 0 Å². The summed E-state index contributed by atoms with van der Waals surface area (Å²) in [5.74, 6) is 0.548. The Morgan fingerprint density at radius 1 is 1.00 bits per heavy atom. The van der Waals surface area contributed by atoms with Crippen molar-refractivity contribution in [3.05, 3.63) is 0 Å². The Morgan fingerprint density at radius 3 is 2.33 bits per heavy atom. The molecule has 0 aromatic rings. The van der Waals surface area contributed by atoms with E-state index in [4.69, 9.17) is 0 Å². The van der Waals surface area contributed by atoms with Crippen molar-refractivity contribution in [1.82, 2.24) is 9.80 Å². The first-order valence-corrected chi connectivity index (χ1v) is 8.29. The fraction of sp³-hybridized carbons (Fsp3) is 0.812. The van der Waals surface area contributed by atoms with Gasteiger partial charge < -0.3 is 4.90 Å². The van der Waals surface area contributed by atoms with Crippen LogP contribution < -0.4 is 0 Å². The van der Waals surface area contributed by atoms with E-state index in [1.165, 1.54) is 30.6 Å². The van der Waals surface area contributed by atoms with Gasteiger partial charge in [0.05, 0.1) is 0 Å². The molecule has 2 saturated heterocycles. The largest absolute Gasteiger partial charge is 0.339 e. The number of carbonyl (C=O) groups is 3. The van der Waals surface area contributed by atoms with Gasteiger partial charge in [-0.1, -0.05) is 12.8 Å². The summed E-state index contributed by atoms with van der Waals surface area (Å²) in [7, 11) is 0. The van der Waals surface area contributed by atoms with Gasteiger partial charge in [-0.2, -0.15) is 0 Å². The molecule has 2 aliphatic heterocycles. The molecule has 5 nitrogen and oxygen atoms in total. The van der Waals surface area contributed by atoms with Crippen LogP contribution in [0.4, 0.5) is 0 Å². The molecule has 0 aromatic carbocycles. The van der Waals surface area contributed by atoms with Crippen LogP contribution in [0.3, 0.4) is 0 Å². The molecule has 3 aliphatic rings. The van der Waals surface area contributed by atoms with Gasteiger partial charge >= 0.3 is 0 Å². The minimum absolute atomic E-state index is 0.122. The second kappa shape index (κ2) is 6.16. The fourth-order valence-electron chi connectivity index (χ4n) is 4.16. The standard InChI is InChI=1S/C16H24N2O3/c19-14-7-8-15(20)18(14)11-9-16(21)17-10-3-6-13(17)12-4-1-2-5-12/h12-13H,1-11H2/t13-/m1/s1. The Balaban J connectivity index is 1.54. The van der Waals surface area contributed by atoms with Crippen molar-refractivity contribution >= 4 is 17.7 Å². The van der Waals surface area contributed by atoms with Gasteiger partial charge in [0.25, 0.3) is 0 Å². The summed E-state index contributed by atoms with van der Waals surface area (Å²) >= 11 is 0. The number of hydrogen-bond acceptors (Lipinski definition) is 3. The molecule has 21 heavy (non-hydrogen) atoms. The molecule has 0 radical (unpaired) electrons. The summed E-state index contributed by atoms with van der Waals surface area (Å²) in [5, 5.41) is 0. The highest BCUT2D eigenvalue weighted by atomic mass is 16.2. The van der Waals surface area contributed by atoms with Gasteiger partial charge in [-0.05, 0) is 31.6 Å². The highest BCUT2D eigenvalue weighted by molar-refractivity contribution is 6.02.